The van der Waals surface area contributed by atoms with Crippen molar-refractivity contribution in [2.24, 2.45) is 0 Å². The second-order valence-corrected chi connectivity index (χ2v) is 21.1. The summed E-state index contributed by atoms with van der Waals surface area (Å²) in [6.07, 6.45) is 59.4. The lowest BCUT2D eigenvalue weighted by molar-refractivity contribution is -0.302. The predicted octanol–water partition coefficient (Wildman–Crippen LogP) is 15.1. The average Bonchev–Trinajstić information content (AvgIpc) is 3.36. The smallest absolute Gasteiger partial charge is 0.220 e. The average molecular weight is 991 g/mol. The van der Waals surface area contributed by atoms with E-state index in [-0.39, 0.29) is 12.5 Å². The van der Waals surface area contributed by atoms with Crippen molar-refractivity contribution in [2.75, 3.05) is 13.2 Å². The van der Waals surface area contributed by atoms with E-state index in [9.17, 15) is 30.3 Å². The molecule has 7 unspecified atom stereocenters. The number of unbranched alkanes of at least 4 members (excludes halogenated alkanes) is 38. The fourth-order valence-corrected chi connectivity index (χ4v) is 9.66. The first-order valence-electron chi connectivity index (χ1n) is 30.2. The van der Waals surface area contributed by atoms with Crippen LogP contribution < -0.4 is 5.32 Å². The third-order valence-corrected chi connectivity index (χ3v) is 14.5. The summed E-state index contributed by atoms with van der Waals surface area (Å²) in [5.41, 5.74) is 0. The molecule has 1 fully saturated rings. The van der Waals surface area contributed by atoms with Crippen molar-refractivity contribution in [1.29, 1.82) is 0 Å². The van der Waals surface area contributed by atoms with Crippen molar-refractivity contribution in [3.8, 4) is 0 Å². The minimum absolute atomic E-state index is 0.174. The van der Waals surface area contributed by atoms with E-state index in [1.807, 2.05) is 6.08 Å². The maximum absolute atomic E-state index is 13.0. The van der Waals surface area contributed by atoms with Crippen LogP contribution in [0, 0.1) is 0 Å². The molecule has 9 nitrogen and oxygen atoms in total. The Morgan fingerprint density at radius 2 is 0.843 bits per heavy atom. The predicted molar refractivity (Wildman–Crippen MR) is 295 cm³/mol. The zero-order valence-corrected chi connectivity index (χ0v) is 45.8. The molecule has 0 aromatic rings. The summed E-state index contributed by atoms with van der Waals surface area (Å²) < 4.78 is 11.3. The molecule has 0 aromatic heterocycles. The van der Waals surface area contributed by atoms with Gasteiger partial charge in [-0.1, -0.05) is 269 Å². The third-order valence-electron chi connectivity index (χ3n) is 14.5. The highest BCUT2D eigenvalue weighted by Gasteiger charge is 2.44. The Labute approximate surface area is 431 Å². The van der Waals surface area contributed by atoms with Crippen LogP contribution in [0.25, 0.3) is 0 Å². The molecular formula is C61H115NO8. The number of hydrogen-bond acceptors (Lipinski definition) is 8. The molecule has 1 amide bonds. The van der Waals surface area contributed by atoms with E-state index >= 15 is 0 Å². The molecule has 412 valence electrons. The number of carbonyl (C=O) groups excluding carboxylic acids is 1. The van der Waals surface area contributed by atoms with Crippen molar-refractivity contribution in [3.63, 3.8) is 0 Å². The minimum Gasteiger partial charge on any atom is -0.394 e. The SMILES string of the molecule is CCCCCCCCCCC/C=C\C/C=C\CCCCCCCCCCCCCCCCCCCC(=O)NC(COC1OC(CO)C(O)C(O)C1O)C(O)/C=C/CCCCCCCCCCCCCC. The molecule has 0 saturated carbocycles. The number of aliphatic hydroxyl groups is 5. The zero-order valence-electron chi connectivity index (χ0n) is 45.8. The van der Waals surface area contributed by atoms with Gasteiger partial charge in [-0.25, -0.2) is 0 Å². The largest absolute Gasteiger partial charge is 0.394 e. The number of ether oxygens (including phenoxy) is 2. The van der Waals surface area contributed by atoms with E-state index in [1.165, 1.54) is 225 Å². The molecule has 1 saturated heterocycles. The van der Waals surface area contributed by atoms with Crippen LogP contribution in [-0.2, 0) is 14.3 Å². The first-order chi connectivity index (χ1) is 34.3. The van der Waals surface area contributed by atoms with Crippen LogP contribution in [0.1, 0.15) is 290 Å². The van der Waals surface area contributed by atoms with Gasteiger partial charge in [-0.3, -0.25) is 4.79 Å². The van der Waals surface area contributed by atoms with Gasteiger partial charge in [-0.15, -0.1) is 0 Å². The van der Waals surface area contributed by atoms with Crippen LogP contribution in [0.2, 0.25) is 0 Å². The summed E-state index contributed by atoms with van der Waals surface area (Å²) in [5, 5.41) is 54.4. The first kappa shape index (κ1) is 66.4. The van der Waals surface area contributed by atoms with E-state index < -0.39 is 49.5 Å². The van der Waals surface area contributed by atoms with E-state index in [4.69, 9.17) is 9.47 Å². The summed E-state index contributed by atoms with van der Waals surface area (Å²) in [4.78, 5) is 13.0. The van der Waals surface area contributed by atoms with Gasteiger partial charge >= 0.3 is 0 Å². The molecule has 7 atom stereocenters. The lowest BCUT2D eigenvalue weighted by atomic mass is 9.99. The van der Waals surface area contributed by atoms with Gasteiger partial charge in [0.15, 0.2) is 6.29 Å². The second kappa shape index (κ2) is 50.9. The maximum Gasteiger partial charge on any atom is 0.220 e. The number of rotatable bonds is 52. The minimum atomic E-state index is -1.57. The fourth-order valence-electron chi connectivity index (χ4n) is 9.66. The highest BCUT2D eigenvalue weighted by Crippen LogP contribution is 2.23. The van der Waals surface area contributed by atoms with Crippen LogP contribution in [0.3, 0.4) is 0 Å². The molecule has 70 heavy (non-hydrogen) atoms. The Morgan fingerprint density at radius 3 is 1.23 bits per heavy atom. The van der Waals surface area contributed by atoms with E-state index in [0.717, 1.165) is 44.9 Å². The van der Waals surface area contributed by atoms with E-state index in [0.29, 0.717) is 6.42 Å². The zero-order chi connectivity index (χ0) is 50.8. The summed E-state index contributed by atoms with van der Waals surface area (Å²) in [6, 6.07) is -0.803. The molecule has 1 rings (SSSR count). The Kier molecular flexibility index (Phi) is 48.3. The molecule has 1 heterocycles. The molecule has 6 N–H and O–H groups in total. The number of amides is 1. The van der Waals surface area contributed by atoms with Crippen LogP contribution in [0.15, 0.2) is 36.5 Å². The summed E-state index contributed by atoms with van der Waals surface area (Å²) >= 11 is 0. The van der Waals surface area contributed by atoms with Gasteiger partial charge in [0.05, 0.1) is 25.4 Å². The van der Waals surface area contributed by atoms with E-state index in [2.05, 4.69) is 43.5 Å². The summed E-state index contributed by atoms with van der Waals surface area (Å²) in [5.74, 6) is -0.174. The third kappa shape index (κ3) is 39.9. The van der Waals surface area contributed by atoms with Crippen LogP contribution in [0.4, 0.5) is 0 Å². The van der Waals surface area contributed by atoms with Crippen LogP contribution in [0.5, 0.6) is 0 Å². The number of hydrogen-bond donors (Lipinski definition) is 6. The van der Waals surface area contributed by atoms with Gasteiger partial charge in [-0.2, -0.15) is 0 Å². The molecule has 1 aliphatic rings. The number of allylic oxidation sites excluding steroid dienone is 5. The second-order valence-electron chi connectivity index (χ2n) is 21.1. The van der Waals surface area contributed by atoms with E-state index in [1.54, 1.807) is 6.08 Å². The molecule has 0 radical (unpaired) electrons. The van der Waals surface area contributed by atoms with Gasteiger partial charge < -0.3 is 40.3 Å². The number of nitrogens with one attached hydrogen (secondary N) is 1. The monoisotopic (exact) mass is 990 g/mol. The normalized spacial score (nSPS) is 19.6. The Balaban J connectivity index is 2.11. The summed E-state index contributed by atoms with van der Waals surface area (Å²) in [7, 11) is 0. The Morgan fingerprint density at radius 1 is 0.486 bits per heavy atom. The van der Waals surface area contributed by atoms with Crippen molar-refractivity contribution >= 4 is 5.91 Å². The van der Waals surface area contributed by atoms with Gasteiger partial charge in [0, 0.05) is 6.42 Å². The molecule has 0 aromatic carbocycles. The van der Waals surface area contributed by atoms with Gasteiger partial charge in [-0.05, 0) is 51.4 Å². The quantitative estimate of drug-likeness (QED) is 0.0261. The highest BCUT2D eigenvalue weighted by molar-refractivity contribution is 5.76. The molecule has 0 bridgehead atoms. The molecule has 0 spiro atoms. The fraction of sp³-hybridized carbons (Fsp3) is 0.885. The molecule has 9 heteroatoms. The first-order valence-corrected chi connectivity index (χ1v) is 30.2. The summed E-state index contributed by atoms with van der Waals surface area (Å²) in [6.45, 7) is 3.80. The van der Waals surface area contributed by atoms with Crippen molar-refractivity contribution in [1.82, 2.24) is 5.32 Å². The molecule has 1 aliphatic heterocycles. The topological polar surface area (TPSA) is 149 Å². The maximum atomic E-state index is 13.0. The van der Waals surface area contributed by atoms with Crippen LogP contribution in [-0.4, -0.2) is 87.5 Å². The number of carbonyl (C=O) groups is 1. The molecule has 0 aliphatic carbocycles. The van der Waals surface area contributed by atoms with Gasteiger partial charge in [0.1, 0.15) is 24.4 Å². The van der Waals surface area contributed by atoms with Crippen molar-refractivity contribution in [3.05, 3.63) is 36.5 Å². The highest BCUT2D eigenvalue weighted by atomic mass is 16.7. The van der Waals surface area contributed by atoms with Gasteiger partial charge in [0.2, 0.25) is 5.91 Å². The van der Waals surface area contributed by atoms with Crippen molar-refractivity contribution < 1.29 is 39.8 Å². The van der Waals surface area contributed by atoms with Crippen LogP contribution >= 0.6 is 0 Å². The Hall–Kier alpha value is -1.59. The standard InChI is InChI=1S/C61H115NO8/c1-3-5-7-9-11-13-15-17-19-20-21-22-23-24-25-26-27-28-29-30-31-32-33-34-35-36-37-39-41-43-45-47-49-51-57(65)62-54(53-69-61-60(68)59(67)58(66)56(52-63)70-61)55(64)50-48-46-44-42-40-38-18-16-14-12-10-8-6-4-2/h21-22,24-25,48,50,54-56,58-61,63-64,66-68H,3-20,23,26-47,49,51-53H2,1-2H3,(H,62,65)/b22-21-,25-24-,50-48+. The lowest BCUT2D eigenvalue weighted by Crippen LogP contribution is -2.60. The number of aliphatic hydroxyl groups excluding tert-OH is 5. The lowest BCUT2D eigenvalue weighted by Gasteiger charge is -2.40. The van der Waals surface area contributed by atoms with Crippen molar-refractivity contribution in [2.45, 2.75) is 333 Å². The van der Waals surface area contributed by atoms with Gasteiger partial charge in [0.25, 0.3) is 0 Å². The Bertz CT molecular complexity index is 1190. The molecular weight excluding hydrogens is 875 g/mol.